The fourth-order valence-electron chi connectivity index (χ4n) is 4.29. The Balaban J connectivity index is 3.78. The van der Waals surface area contributed by atoms with E-state index in [0.717, 1.165) is 38.5 Å². The highest BCUT2D eigenvalue weighted by atomic mass is 16.4. The highest BCUT2D eigenvalue weighted by Gasteiger charge is 2.23. The molecule has 10 nitrogen and oxygen atoms in total. The highest BCUT2D eigenvalue weighted by molar-refractivity contribution is 5.86. The van der Waals surface area contributed by atoms with Gasteiger partial charge in [-0.15, -0.1) is 0 Å². The van der Waals surface area contributed by atoms with Gasteiger partial charge in [0, 0.05) is 19.3 Å². The minimum absolute atomic E-state index is 0.0990. The number of amides is 2. The largest absolute Gasteiger partial charge is 0.481 e. The van der Waals surface area contributed by atoms with E-state index < -0.39 is 35.9 Å². The lowest BCUT2D eigenvalue weighted by Gasteiger charge is -2.16. The van der Waals surface area contributed by atoms with E-state index in [1.807, 2.05) is 0 Å². The van der Waals surface area contributed by atoms with Crippen LogP contribution in [0.15, 0.2) is 0 Å². The summed E-state index contributed by atoms with van der Waals surface area (Å²) in [5, 5.41) is 31.9. The summed E-state index contributed by atoms with van der Waals surface area (Å²) in [6.45, 7) is 1.81. The first-order chi connectivity index (χ1) is 18.2. The topological polar surface area (TPSA) is 170 Å². The van der Waals surface area contributed by atoms with Crippen LogP contribution in [0.3, 0.4) is 0 Å². The number of hydrogen-bond acceptors (Lipinski definition) is 5. The Morgan fingerprint density at radius 1 is 0.500 bits per heavy atom. The Bertz CT molecular complexity index is 698. The van der Waals surface area contributed by atoms with Crippen LogP contribution in [0.1, 0.15) is 135 Å². The van der Waals surface area contributed by atoms with E-state index in [1.54, 1.807) is 6.92 Å². The van der Waals surface area contributed by atoms with Crippen molar-refractivity contribution in [2.75, 3.05) is 0 Å². The maximum absolute atomic E-state index is 12.1. The van der Waals surface area contributed by atoms with Crippen LogP contribution in [-0.2, 0) is 24.0 Å². The average Bonchev–Trinajstić information content (AvgIpc) is 2.85. The fourth-order valence-corrected chi connectivity index (χ4v) is 4.29. The lowest BCUT2D eigenvalue weighted by atomic mass is 10.0. The molecule has 0 aromatic rings. The molecule has 0 aliphatic heterocycles. The lowest BCUT2D eigenvalue weighted by Crippen LogP contribution is -2.43. The van der Waals surface area contributed by atoms with Gasteiger partial charge in [-0.3, -0.25) is 14.4 Å². The van der Waals surface area contributed by atoms with Crippen molar-refractivity contribution >= 4 is 29.7 Å². The molecule has 0 aliphatic carbocycles. The van der Waals surface area contributed by atoms with E-state index in [2.05, 4.69) is 10.6 Å². The summed E-state index contributed by atoms with van der Waals surface area (Å²) < 4.78 is 0. The quantitative estimate of drug-likeness (QED) is 0.0947. The van der Waals surface area contributed by atoms with Gasteiger partial charge < -0.3 is 26.0 Å². The number of aliphatic carboxylic acids is 3. The third-order valence-electron chi connectivity index (χ3n) is 6.55. The van der Waals surface area contributed by atoms with E-state index in [0.29, 0.717) is 19.3 Å². The summed E-state index contributed by atoms with van der Waals surface area (Å²) in [5.41, 5.74) is 0. The Hall–Kier alpha value is -2.65. The van der Waals surface area contributed by atoms with Crippen LogP contribution >= 0.6 is 0 Å². The zero-order valence-electron chi connectivity index (χ0n) is 23.2. The number of carbonyl (C=O) groups is 5. The van der Waals surface area contributed by atoms with Crippen LogP contribution in [-0.4, -0.2) is 57.1 Å². The second kappa shape index (κ2) is 23.5. The molecule has 0 fully saturated rings. The number of carboxylic acid groups (broad SMARTS) is 3. The van der Waals surface area contributed by atoms with Gasteiger partial charge in [-0.05, 0) is 25.7 Å². The molecule has 0 aromatic heterocycles. The Labute approximate surface area is 227 Å². The number of carboxylic acids is 3. The molecule has 0 saturated carbocycles. The van der Waals surface area contributed by atoms with Crippen molar-refractivity contribution in [3.05, 3.63) is 0 Å². The first kappa shape index (κ1) is 35.4. The first-order valence-corrected chi connectivity index (χ1v) is 14.4. The summed E-state index contributed by atoms with van der Waals surface area (Å²) in [7, 11) is 0. The molecule has 0 spiro atoms. The fraction of sp³-hybridized carbons (Fsp3) is 0.821. The summed E-state index contributed by atoms with van der Waals surface area (Å²) in [6.07, 6.45) is 16.2. The first-order valence-electron chi connectivity index (χ1n) is 14.4. The number of carbonyl (C=O) groups excluding carboxylic acids is 2. The minimum atomic E-state index is -1.22. The molecular weight excluding hydrogens is 492 g/mol. The summed E-state index contributed by atoms with van der Waals surface area (Å²) >= 11 is 0. The van der Waals surface area contributed by atoms with Crippen LogP contribution in [0.25, 0.3) is 0 Å². The van der Waals surface area contributed by atoms with Gasteiger partial charge in [0.1, 0.15) is 12.1 Å². The number of hydrogen-bond donors (Lipinski definition) is 5. The predicted molar refractivity (Wildman–Crippen MR) is 145 cm³/mol. The van der Waals surface area contributed by atoms with Crippen molar-refractivity contribution in [3.63, 3.8) is 0 Å². The molecule has 10 heteroatoms. The van der Waals surface area contributed by atoms with E-state index in [1.165, 1.54) is 44.9 Å². The van der Waals surface area contributed by atoms with Crippen molar-refractivity contribution in [2.45, 2.75) is 147 Å². The van der Waals surface area contributed by atoms with Crippen LogP contribution in [0.5, 0.6) is 0 Å². The van der Waals surface area contributed by atoms with Crippen molar-refractivity contribution < 1.29 is 39.3 Å². The standard InChI is InChI=1S/C28H50N2O8/c1-2-17-22(27(35)36)29-25(32)21-20-23(28(37)38)30-24(31)18-15-13-11-9-7-5-3-4-6-8-10-12-14-16-19-26(33)34/h22-23H,2-21H2,1H3,(H,29,32)(H,30,31)(H,33,34)(H,35,36)(H,37,38)/t22-,23-/m0/s1. The third kappa shape index (κ3) is 21.4. The van der Waals surface area contributed by atoms with E-state index in [9.17, 15) is 29.1 Å². The van der Waals surface area contributed by atoms with E-state index in [4.69, 9.17) is 10.2 Å². The monoisotopic (exact) mass is 542 g/mol. The maximum Gasteiger partial charge on any atom is 0.326 e. The Morgan fingerprint density at radius 3 is 1.21 bits per heavy atom. The van der Waals surface area contributed by atoms with Gasteiger partial charge in [0.15, 0.2) is 0 Å². The highest BCUT2D eigenvalue weighted by Crippen LogP contribution is 2.14. The Kier molecular flexibility index (Phi) is 21.8. The molecule has 0 unspecified atom stereocenters. The second-order valence-corrected chi connectivity index (χ2v) is 10.1. The normalized spacial score (nSPS) is 12.4. The zero-order chi connectivity index (χ0) is 28.6. The van der Waals surface area contributed by atoms with E-state index in [-0.39, 0.29) is 31.6 Å². The van der Waals surface area contributed by atoms with Crippen LogP contribution < -0.4 is 10.6 Å². The molecule has 0 rings (SSSR count). The van der Waals surface area contributed by atoms with Gasteiger partial charge in [-0.1, -0.05) is 90.4 Å². The molecule has 0 aliphatic rings. The third-order valence-corrected chi connectivity index (χ3v) is 6.55. The molecule has 0 aromatic carbocycles. The summed E-state index contributed by atoms with van der Waals surface area (Å²) in [4.78, 5) is 57.2. The molecule has 0 heterocycles. The average molecular weight is 543 g/mol. The molecule has 0 bridgehead atoms. The van der Waals surface area contributed by atoms with Crippen molar-refractivity contribution in [1.82, 2.24) is 10.6 Å². The molecule has 220 valence electrons. The summed E-state index contributed by atoms with van der Waals surface area (Å²) in [6, 6.07) is -2.18. The summed E-state index contributed by atoms with van der Waals surface area (Å²) in [5.74, 6) is -3.95. The van der Waals surface area contributed by atoms with Gasteiger partial charge >= 0.3 is 17.9 Å². The molecule has 0 radical (unpaired) electrons. The minimum Gasteiger partial charge on any atom is -0.481 e. The van der Waals surface area contributed by atoms with Gasteiger partial charge in [0.25, 0.3) is 0 Å². The molecule has 2 amide bonds. The van der Waals surface area contributed by atoms with Gasteiger partial charge in [0.05, 0.1) is 0 Å². The van der Waals surface area contributed by atoms with Gasteiger partial charge in [-0.25, -0.2) is 9.59 Å². The van der Waals surface area contributed by atoms with E-state index >= 15 is 0 Å². The van der Waals surface area contributed by atoms with Crippen LogP contribution in [0, 0.1) is 0 Å². The van der Waals surface area contributed by atoms with Crippen molar-refractivity contribution in [2.24, 2.45) is 0 Å². The smallest absolute Gasteiger partial charge is 0.326 e. The van der Waals surface area contributed by atoms with Crippen molar-refractivity contribution in [3.8, 4) is 0 Å². The van der Waals surface area contributed by atoms with Gasteiger partial charge in [-0.2, -0.15) is 0 Å². The Morgan fingerprint density at radius 2 is 0.842 bits per heavy atom. The molecule has 0 saturated heterocycles. The molecule has 2 atom stereocenters. The SMILES string of the molecule is CCC[C@H](NC(=O)CC[C@H](NC(=O)CCCCCCCCCCCCCCCCC(=O)O)C(=O)O)C(=O)O. The van der Waals surface area contributed by atoms with Crippen molar-refractivity contribution in [1.29, 1.82) is 0 Å². The van der Waals surface area contributed by atoms with Gasteiger partial charge in [0.2, 0.25) is 11.8 Å². The predicted octanol–water partition coefficient (Wildman–Crippen LogP) is 5.03. The second-order valence-electron chi connectivity index (χ2n) is 10.1. The number of unbranched alkanes of at least 4 members (excludes halogenated alkanes) is 13. The maximum atomic E-state index is 12.1. The molecular formula is C28H50N2O8. The molecule has 5 N–H and O–H groups in total. The number of nitrogens with one attached hydrogen (secondary N) is 2. The molecule has 38 heavy (non-hydrogen) atoms. The van der Waals surface area contributed by atoms with Crippen LogP contribution in [0.4, 0.5) is 0 Å². The lowest BCUT2D eigenvalue weighted by molar-refractivity contribution is -0.143. The van der Waals surface area contributed by atoms with Crippen LogP contribution in [0.2, 0.25) is 0 Å². The number of rotatable bonds is 26. The zero-order valence-corrected chi connectivity index (χ0v) is 23.2.